The van der Waals surface area contributed by atoms with E-state index in [0.717, 1.165) is 29.4 Å². The van der Waals surface area contributed by atoms with Gasteiger partial charge in [-0.25, -0.2) is 4.79 Å². The van der Waals surface area contributed by atoms with E-state index in [2.05, 4.69) is 21.6 Å². The third-order valence-corrected chi connectivity index (χ3v) is 3.65. The number of hydrogen-bond acceptors (Lipinski definition) is 3. The first-order chi connectivity index (χ1) is 9.24. The molecule has 1 fully saturated rings. The van der Waals surface area contributed by atoms with Crippen LogP contribution in [0.4, 0.5) is 10.5 Å². The molecule has 2 amide bonds. The second kappa shape index (κ2) is 4.79. The van der Waals surface area contributed by atoms with E-state index in [0.29, 0.717) is 19.1 Å². The van der Waals surface area contributed by atoms with Gasteiger partial charge in [0.1, 0.15) is 0 Å². The second-order valence-corrected chi connectivity index (χ2v) is 4.88. The maximum atomic E-state index is 11.1. The van der Waals surface area contributed by atoms with E-state index in [1.807, 2.05) is 18.3 Å². The molecule has 3 rings (SSSR count). The summed E-state index contributed by atoms with van der Waals surface area (Å²) in [5.74, 6) is 0. The molecule has 0 aliphatic carbocycles. The number of primary amides is 1. The van der Waals surface area contributed by atoms with Crippen molar-refractivity contribution in [2.75, 3.05) is 18.4 Å². The van der Waals surface area contributed by atoms with Gasteiger partial charge in [-0.1, -0.05) is 6.07 Å². The smallest absolute Gasteiger partial charge is 0.314 e. The molecule has 1 aromatic carbocycles. The largest absolute Gasteiger partial charge is 0.382 e. The van der Waals surface area contributed by atoms with Crippen molar-refractivity contribution >= 4 is 22.6 Å². The number of nitrogens with zero attached hydrogens (tertiary/aromatic N) is 2. The number of piperidine rings is 1. The number of benzene rings is 1. The minimum absolute atomic E-state index is 0.324. The summed E-state index contributed by atoms with van der Waals surface area (Å²) < 4.78 is 0. The molecule has 1 aliphatic rings. The molecular weight excluding hydrogens is 242 g/mol. The van der Waals surface area contributed by atoms with Gasteiger partial charge >= 0.3 is 6.03 Å². The van der Waals surface area contributed by atoms with Crippen LogP contribution in [0.1, 0.15) is 12.8 Å². The van der Waals surface area contributed by atoms with Gasteiger partial charge in [0.15, 0.2) is 0 Å². The average molecular weight is 259 g/mol. The number of likely N-dealkylation sites (tertiary alicyclic amines) is 1. The predicted molar refractivity (Wildman–Crippen MR) is 73.9 cm³/mol. The summed E-state index contributed by atoms with van der Waals surface area (Å²) in [4.78, 5) is 12.8. The standard InChI is InChI=1S/C13H17N5O/c14-13(19)18-6-4-9(5-7-18)16-11-2-1-3-12-10(11)8-15-17-12/h1-3,8-9,16H,4-7H2,(H2,14,19)(H,15,17). The number of nitrogens with two attached hydrogens (primary N) is 1. The fraction of sp³-hybridized carbons (Fsp3) is 0.385. The van der Waals surface area contributed by atoms with Crippen molar-refractivity contribution in [1.82, 2.24) is 15.1 Å². The molecule has 0 radical (unpaired) electrons. The highest BCUT2D eigenvalue weighted by Gasteiger charge is 2.21. The Bertz CT molecular complexity index is 585. The molecule has 4 N–H and O–H groups in total. The van der Waals surface area contributed by atoms with Gasteiger partial charge in [-0.2, -0.15) is 5.10 Å². The molecule has 6 heteroatoms. The Hall–Kier alpha value is -2.24. The van der Waals surface area contributed by atoms with Crippen LogP contribution in [0.15, 0.2) is 24.4 Å². The fourth-order valence-electron chi connectivity index (χ4n) is 2.56. The molecule has 2 heterocycles. The molecule has 1 saturated heterocycles. The number of urea groups is 1. The lowest BCUT2D eigenvalue weighted by atomic mass is 10.0. The van der Waals surface area contributed by atoms with Crippen LogP contribution in [0.5, 0.6) is 0 Å². The van der Waals surface area contributed by atoms with Gasteiger partial charge in [0.05, 0.1) is 11.7 Å². The van der Waals surface area contributed by atoms with E-state index in [1.165, 1.54) is 0 Å². The molecule has 0 saturated carbocycles. The minimum Gasteiger partial charge on any atom is -0.382 e. The number of H-pyrrole nitrogens is 1. The summed E-state index contributed by atoms with van der Waals surface area (Å²) in [5, 5.41) is 11.6. The third-order valence-electron chi connectivity index (χ3n) is 3.65. The fourth-order valence-corrected chi connectivity index (χ4v) is 2.56. The molecule has 1 aliphatic heterocycles. The molecule has 0 unspecified atom stereocenters. The zero-order valence-corrected chi connectivity index (χ0v) is 10.6. The number of aromatic nitrogens is 2. The van der Waals surface area contributed by atoms with Crippen molar-refractivity contribution in [2.45, 2.75) is 18.9 Å². The van der Waals surface area contributed by atoms with Crippen LogP contribution in [-0.4, -0.2) is 40.3 Å². The number of rotatable bonds is 2. The maximum Gasteiger partial charge on any atom is 0.314 e. The predicted octanol–water partition coefficient (Wildman–Crippen LogP) is 1.52. The highest BCUT2D eigenvalue weighted by atomic mass is 16.2. The van der Waals surface area contributed by atoms with Crippen molar-refractivity contribution in [2.24, 2.45) is 5.73 Å². The van der Waals surface area contributed by atoms with Crippen LogP contribution in [-0.2, 0) is 0 Å². The Morgan fingerprint density at radius 3 is 2.95 bits per heavy atom. The average Bonchev–Trinajstić information content (AvgIpc) is 2.89. The van der Waals surface area contributed by atoms with E-state index in [1.54, 1.807) is 4.90 Å². The third kappa shape index (κ3) is 2.33. The zero-order chi connectivity index (χ0) is 13.2. The van der Waals surface area contributed by atoms with Crippen molar-refractivity contribution in [3.63, 3.8) is 0 Å². The number of anilines is 1. The molecule has 0 spiro atoms. The van der Waals surface area contributed by atoms with Crippen molar-refractivity contribution < 1.29 is 4.79 Å². The lowest BCUT2D eigenvalue weighted by Gasteiger charge is -2.31. The Morgan fingerprint density at radius 1 is 1.42 bits per heavy atom. The summed E-state index contributed by atoms with van der Waals surface area (Å²) in [6.45, 7) is 1.43. The van der Waals surface area contributed by atoms with Gasteiger partial charge in [0, 0.05) is 30.2 Å². The Balaban J connectivity index is 1.69. The van der Waals surface area contributed by atoms with Crippen LogP contribution in [0.3, 0.4) is 0 Å². The molecule has 19 heavy (non-hydrogen) atoms. The summed E-state index contributed by atoms with van der Waals surface area (Å²) in [6, 6.07) is 6.11. The minimum atomic E-state index is -0.324. The van der Waals surface area contributed by atoms with Gasteiger partial charge in [-0.3, -0.25) is 5.10 Å². The topological polar surface area (TPSA) is 87.0 Å². The number of carbonyl (C=O) groups excluding carboxylic acids is 1. The number of carbonyl (C=O) groups is 1. The summed E-state index contributed by atoms with van der Waals surface area (Å²) in [6.07, 6.45) is 3.66. The Labute approximate surface area is 111 Å². The van der Waals surface area contributed by atoms with Gasteiger partial charge in [0.2, 0.25) is 0 Å². The zero-order valence-electron chi connectivity index (χ0n) is 10.6. The first-order valence-corrected chi connectivity index (χ1v) is 6.47. The monoisotopic (exact) mass is 259 g/mol. The van der Waals surface area contributed by atoms with E-state index in [9.17, 15) is 4.79 Å². The first kappa shape index (κ1) is 11.8. The maximum absolute atomic E-state index is 11.1. The van der Waals surface area contributed by atoms with Crippen LogP contribution in [0.2, 0.25) is 0 Å². The van der Waals surface area contributed by atoms with E-state index in [-0.39, 0.29) is 6.03 Å². The highest BCUT2D eigenvalue weighted by Crippen LogP contribution is 2.24. The Morgan fingerprint density at radius 2 is 2.21 bits per heavy atom. The van der Waals surface area contributed by atoms with Gasteiger partial charge in [-0.15, -0.1) is 0 Å². The van der Waals surface area contributed by atoms with Gasteiger partial charge in [0.25, 0.3) is 0 Å². The van der Waals surface area contributed by atoms with Crippen LogP contribution < -0.4 is 11.1 Å². The quantitative estimate of drug-likeness (QED) is 0.764. The molecule has 2 aromatic rings. The van der Waals surface area contributed by atoms with Gasteiger partial charge in [-0.05, 0) is 25.0 Å². The molecule has 6 nitrogen and oxygen atoms in total. The van der Waals surface area contributed by atoms with Crippen LogP contribution >= 0.6 is 0 Å². The summed E-state index contributed by atoms with van der Waals surface area (Å²) in [7, 11) is 0. The molecule has 0 atom stereocenters. The molecule has 1 aromatic heterocycles. The lowest BCUT2D eigenvalue weighted by Crippen LogP contribution is -2.44. The molecular formula is C13H17N5O. The molecule has 0 bridgehead atoms. The van der Waals surface area contributed by atoms with E-state index < -0.39 is 0 Å². The highest BCUT2D eigenvalue weighted by molar-refractivity contribution is 5.90. The summed E-state index contributed by atoms with van der Waals surface area (Å²) in [5.41, 5.74) is 7.39. The number of amides is 2. The van der Waals surface area contributed by atoms with Crippen LogP contribution in [0, 0.1) is 0 Å². The number of aromatic amines is 1. The SMILES string of the molecule is NC(=O)N1CCC(Nc2cccc3[nH]ncc23)CC1. The number of hydrogen-bond donors (Lipinski definition) is 3. The normalized spacial score (nSPS) is 16.7. The van der Waals surface area contributed by atoms with E-state index in [4.69, 9.17) is 5.73 Å². The lowest BCUT2D eigenvalue weighted by molar-refractivity contribution is 0.193. The second-order valence-electron chi connectivity index (χ2n) is 4.88. The van der Waals surface area contributed by atoms with Crippen LogP contribution in [0.25, 0.3) is 10.9 Å². The van der Waals surface area contributed by atoms with E-state index >= 15 is 0 Å². The van der Waals surface area contributed by atoms with Crippen molar-refractivity contribution in [3.8, 4) is 0 Å². The van der Waals surface area contributed by atoms with Crippen molar-refractivity contribution in [3.05, 3.63) is 24.4 Å². The summed E-state index contributed by atoms with van der Waals surface area (Å²) >= 11 is 0. The van der Waals surface area contributed by atoms with Crippen molar-refractivity contribution in [1.29, 1.82) is 0 Å². The number of nitrogens with one attached hydrogen (secondary N) is 2. The molecule has 100 valence electrons. The van der Waals surface area contributed by atoms with Gasteiger partial charge < -0.3 is 16.0 Å². The first-order valence-electron chi connectivity index (χ1n) is 6.47. The Kier molecular flexibility index (Phi) is 2.98. The number of fused-ring (bicyclic) bond motifs is 1.